The van der Waals surface area contributed by atoms with E-state index in [9.17, 15) is 12.8 Å². The zero-order valence-electron chi connectivity index (χ0n) is 10.3. The molecule has 3 N–H and O–H groups in total. The molecule has 0 spiro atoms. The number of nitrogens with one attached hydrogen (secondary N) is 1. The highest BCUT2D eigenvalue weighted by molar-refractivity contribution is 7.89. The van der Waals surface area contributed by atoms with Crippen molar-refractivity contribution in [3.05, 3.63) is 24.0 Å². The predicted octanol–water partition coefficient (Wildman–Crippen LogP) is 1.11. The molecule has 1 aromatic rings. The molecule has 0 saturated carbocycles. The van der Waals surface area contributed by atoms with Crippen molar-refractivity contribution < 1.29 is 17.5 Å². The Hall–Kier alpha value is -1.18. The second kappa shape index (κ2) is 6.12. The standard InChI is InChI=1S/C11H17FN2O3S/c1-3-8(7-17-2)14-18(15,16)9-4-5-11(13)10(12)6-9/h4-6,8,14H,3,7,13H2,1-2H3. The van der Waals surface area contributed by atoms with Gasteiger partial charge in [-0.15, -0.1) is 0 Å². The third kappa shape index (κ3) is 3.66. The summed E-state index contributed by atoms with van der Waals surface area (Å²) in [6.07, 6.45) is 0.574. The highest BCUT2D eigenvalue weighted by atomic mass is 32.2. The monoisotopic (exact) mass is 276 g/mol. The Bertz CT molecular complexity index is 505. The van der Waals surface area contributed by atoms with Crippen LogP contribution in [0.25, 0.3) is 0 Å². The third-order valence-electron chi connectivity index (χ3n) is 2.46. The van der Waals surface area contributed by atoms with E-state index in [4.69, 9.17) is 10.5 Å². The number of hydrogen-bond donors (Lipinski definition) is 2. The van der Waals surface area contributed by atoms with Gasteiger partial charge in [-0.25, -0.2) is 17.5 Å². The van der Waals surface area contributed by atoms with Crippen LogP contribution in [0.4, 0.5) is 10.1 Å². The van der Waals surface area contributed by atoms with Crippen LogP contribution in [0.3, 0.4) is 0 Å². The van der Waals surface area contributed by atoms with Crippen LogP contribution in [0, 0.1) is 5.82 Å². The summed E-state index contributed by atoms with van der Waals surface area (Å²) < 4.78 is 44.5. The molecule has 0 fully saturated rings. The van der Waals surface area contributed by atoms with E-state index in [1.54, 1.807) is 0 Å². The van der Waals surface area contributed by atoms with Crippen LogP contribution in [-0.4, -0.2) is 28.2 Å². The molecule has 1 unspecified atom stereocenters. The van der Waals surface area contributed by atoms with E-state index >= 15 is 0 Å². The molecule has 1 aromatic carbocycles. The zero-order chi connectivity index (χ0) is 13.8. The first kappa shape index (κ1) is 14.9. The SMILES string of the molecule is CCC(COC)NS(=O)(=O)c1ccc(N)c(F)c1. The summed E-state index contributed by atoms with van der Waals surface area (Å²) in [5.41, 5.74) is 5.21. The number of methoxy groups -OCH3 is 1. The Morgan fingerprint density at radius 3 is 2.67 bits per heavy atom. The van der Waals surface area contributed by atoms with Gasteiger partial charge in [-0.2, -0.15) is 0 Å². The van der Waals surface area contributed by atoms with Crippen molar-refractivity contribution >= 4 is 15.7 Å². The average Bonchev–Trinajstić information content (AvgIpc) is 2.31. The van der Waals surface area contributed by atoms with Gasteiger partial charge in [0.1, 0.15) is 5.82 Å². The average molecular weight is 276 g/mol. The van der Waals surface area contributed by atoms with E-state index in [1.807, 2.05) is 6.92 Å². The lowest BCUT2D eigenvalue weighted by Gasteiger charge is -2.16. The molecule has 0 aliphatic heterocycles. The summed E-state index contributed by atoms with van der Waals surface area (Å²) in [5, 5.41) is 0. The number of nitrogens with two attached hydrogens (primary N) is 1. The molecule has 1 atom stereocenters. The maximum Gasteiger partial charge on any atom is 0.241 e. The van der Waals surface area contributed by atoms with E-state index in [1.165, 1.54) is 19.2 Å². The third-order valence-corrected chi connectivity index (χ3v) is 3.98. The molecule has 7 heteroatoms. The van der Waals surface area contributed by atoms with E-state index in [2.05, 4.69) is 4.72 Å². The molecule has 0 radical (unpaired) electrons. The summed E-state index contributed by atoms with van der Waals surface area (Å²) in [6.45, 7) is 2.09. The second-order valence-corrected chi connectivity index (χ2v) is 5.58. The van der Waals surface area contributed by atoms with Crippen molar-refractivity contribution in [3.63, 3.8) is 0 Å². The van der Waals surface area contributed by atoms with Gasteiger partial charge in [0.05, 0.1) is 17.2 Å². The van der Waals surface area contributed by atoms with Gasteiger partial charge >= 0.3 is 0 Å². The number of nitrogen functional groups attached to an aromatic ring is 1. The number of sulfonamides is 1. The first-order valence-electron chi connectivity index (χ1n) is 5.47. The van der Waals surface area contributed by atoms with E-state index in [0.717, 1.165) is 6.07 Å². The Morgan fingerprint density at radius 1 is 1.50 bits per heavy atom. The first-order chi connectivity index (χ1) is 8.40. The van der Waals surface area contributed by atoms with Crippen LogP contribution >= 0.6 is 0 Å². The van der Waals surface area contributed by atoms with Crippen LogP contribution in [0.1, 0.15) is 13.3 Å². The quantitative estimate of drug-likeness (QED) is 0.763. The number of rotatable bonds is 6. The van der Waals surface area contributed by atoms with Gasteiger partial charge in [0.25, 0.3) is 0 Å². The normalized spacial score (nSPS) is 13.5. The van der Waals surface area contributed by atoms with E-state index in [0.29, 0.717) is 6.42 Å². The van der Waals surface area contributed by atoms with Crippen LogP contribution < -0.4 is 10.5 Å². The molecule has 18 heavy (non-hydrogen) atoms. The Labute approximate surface area is 106 Å². The lowest BCUT2D eigenvalue weighted by Crippen LogP contribution is -2.37. The summed E-state index contributed by atoms with van der Waals surface area (Å²) in [5.74, 6) is -0.752. The van der Waals surface area contributed by atoms with Gasteiger partial charge in [0.15, 0.2) is 0 Å². The molecule has 0 saturated heterocycles. The first-order valence-corrected chi connectivity index (χ1v) is 6.95. The molecular weight excluding hydrogens is 259 g/mol. The largest absolute Gasteiger partial charge is 0.396 e. The van der Waals surface area contributed by atoms with Crippen LogP contribution in [0.5, 0.6) is 0 Å². The van der Waals surface area contributed by atoms with Crippen LogP contribution in [0.15, 0.2) is 23.1 Å². The van der Waals surface area contributed by atoms with Gasteiger partial charge in [-0.3, -0.25) is 0 Å². The minimum absolute atomic E-state index is 0.0853. The summed E-state index contributed by atoms with van der Waals surface area (Å²) >= 11 is 0. The number of ether oxygens (including phenoxy) is 1. The van der Waals surface area contributed by atoms with Gasteiger partial charge in [0.2, 0.25) is 10.0 Å². The molecule has 0 amide bonds. The fourth-order valence-corrected chi connectivity index (χ4v) is 2.71. The molecule has 102 valence electrons. The maximum absolute atomic E-state index is 13.2. The van der Waals surface area contributed by atoms with Crippen molar-refractivity contribution in [2.45, 2.75) is 24.3 Å². The molecule has 0 aromatic heterocycles. The van der Waals surface area contributed by atoms with Crippen LogP contribution in [0.2, 0.25) is 0 Å². The summed E-state index contributed by atoms with van der Waals surface area (Å²) in [4.78, 5) is -0.149. The number of halogens is 1. The summed E-state index contributed by atoms with van der Waals surface area (Å²) in [7, 11) is -2.27. The smallest absolute Gasteiger partial charge is 0.241 e. The topological polar surface area (TPSA) is 81.4 Å². The predicted molar refractivity (Wildman–Crippen MR) is 67.1 cm³/mol. The molecule has 0 aliphatic rings. The minimum atomic E-state index is -3.76. The van der Waals surface area contributed by atoms with Crippen molar-refractivity contribution in [2.24, 2.45) is 0 Å². The Morgan fingerprint density at radius 2 is 2.17 bits per heavy atom. The van der Waals surface area contributed by atoms with Gasteiger partial charge < -0.3 is 10.5 Å². The lowest BCUT2D eigenvalue weighted by atomic mass is 10.3. The van der Waals surface area contributed by atoms with E-state index < -0.39 is 15.8 Å². The Kier molecular flexibility index (Phi) is 5.06. The van der Waals surface area contributed by atoms with Crippen molar-refractivity contribution in [1.29, 1.82) is 0 Å². The molecule has 0 bridgehead atoms. The lowest BCUT2D eigenvalue weighted by molar-refractivity contribution is 0.173. The molecule has 0 heterocycles. The van der Waals surface area contributed by atoms with Gasteiger partial charge in [-0.05, 0) is 24.6 Å². The highest BCUT2D eigenvalue weighted by Gasteiger charge is 2.19. The van der Waals surface area contributed by atoms with Gasteiger partial charge in [-0.1, -0.05) is 6.92 Å². The number of anilines is 1. The van der Waals surface area contributed by atoms with Crippen molar-refractivity contribution in [2.75, 3.05) is 19.5 Å². The molecule has 1 rings (SSSR count). The molecule has 5 nitrogen and oxygen atoms in total. The number of benzene rings is 1. The van der Waals surface area contributed by atoms with Gasteiger partial charge in [0, 0.05) is 13.2 Å². The minimum Gasteiger partial charge on any atom is -0.396 e. The fourth-order valence-electron chi connectivity index (χ4n) is 1.40. The zero-order valence-corrected chi connectivity index (χ0v) is 11.1. The molecular formula is C11H17FN2O3S. The molecule has 0 aliphatic carbocycles. The van der Waals surface area contributed by atoms with Crippen LogP contribution in [-0.2, 0) is 14.8 Å². The Balaban J connectivity index is 2.95. The van der Waals surface area contributed by atoms with E-state index in [-0.39, 0.29) is 23.2 Å². The summed E-state index contributed by atoms with van der Waals surface area (Å²) in [6, 6.07) is 3.04. The highest BCUT2D eigenvalue weighted by Crippen LogP contribution is 2.16. The fraction of sp³-hybridized carbons (Fsp3) is 0.455. The maximum atomic E-state index is 13.2. The van der Waals surface area contributed by atoms with Crippen molar-refractivity contribution in [3.8, 4) is 0 Å². The second-order valence-electron chi connectivity index (χ2n) is 3.87. The number of hydrogen-bond acceptors (Lipinski definition) is 4. The van der Waals surface area contributed by atoms with Crippen molar-refractivity contribution in [1.82, 2.24) is 4.72 Å².